The van der Waals surface area contributed by atoms with E-state index in [2.05, 4.69) is 15.8 Å². The van der Waals surface area contributed by atoms with Crippen molar-refractivity contribution < 1.29 is 4.79 Å². The molecule has 0 saturated carbocycles. The molecule has 1 aliphatic heterocycles. The number of aliphatic imine (C=N–C) groups is 1. The summed E-state index contributed by atoms with van der Waals surface area (Å²) < 4.78 is 0. The molecule has 0 saturated heterocycles. The molecule has 74 valence electrons. The molecule has 0 unspecified atom stereocenters. The first kappa shape index (κ1) is 10.3. The van der Waals surface area contributed by atoms with Crippen molar-refractivity contribution in [3.8, 4) is 0 Å². The molecule has 0 bridgehead atoms. The van der Waals surface area contributed by atoms with Gasteiger partial charge >= 0.3 is 0 Å². The molecule has 0 atom stereocenters. The van der Waals surface area contributed by atoms with Crippen LogP contribution in [0.4, 0.5) is 0 Å². The molecule has 0 radical (unpaired) electrons. The van der Waals surface area contributed by atoms with Crippen LogP contribution in [-0.2, 0) is 4.79 Å². The fourth-order valence-corrected chi connectivity index (χ4v) is 1.22. The first-order valence-corrected chi connectivity index (χ1v) is 5.00. The highest BCUT2D eigenvalue weighted by molar-refractivity contribution is 6.27. The molecule has 0 aromatic carbocycles. The van der Waals surface area contributed by atoms with Gasteiger partial charge in [0.15, 0.2) is 0 Å². The lowest BCUT2D eigenvalue weighted by molar-refractivity contribution is -0.119. The summed E-state index contributed by atoms with van der Waals surface area (Å²) in [4.78, 5) is 15.1. The topological polar surface area (TPSA) is 53.5 Å². The number of hydrogen-bond donors (Lipinski definition) is 2. The van der Waals surface area contributed by atoms with E-state index in [4.69, 9.17) is 11.6 Å². The zero-order valence-corrected chi connectivity index (χ0v) is 8.23. The molecule has 1 aliphatic rings. The predicted octanol–water partition coefficient (Wildman–Crippen LogP) is 0.818. The van der Waals surface area contributed by atoms with E-state index >= 15 is 0 Å². The van der Waals surface area contributed by atoms with Gasteiger partial charge in [-0.1, -0.05) is 6.42 Å². The average Bonchev–Trinajstić information content (AvgIpc) is 2.42. The Morgan fingerprint density at radius 1 is 1.46 bits per heavy atom. The highest BCUT2D eigenvalue weighted by Crippen LogP contribution is 2.05. The van der Waals surface area contributed by atoms with E-state index < -0.39 is 0 Å². The molecule has 1 amide bonds. The summed E-state index contributed by atoms with van der Waals surface area (Å²) in [6.07, 6.45) is 4.37. The molecule has 4 nitrogen and oxygen atoms in total. The molecule has 0 fully saturated rings. The normalized spacial score (nSPS) is 17.2. The highest BCUT2D eigenvalue weighted by atomic mass is 35.5. The second-order valence-electron chi connectivity index (χ2n) is 2.95. The number of carbonyl (C=O) groups excluding carboxylic acids is 1. The van der Waals surface area contributed by atoms with Crippen LogP contribution < -0.4 is 10.9 Å². The second-order valence-corrected chi connectivity index (χ2v) is 3.21. The van der Waals surface area contributed by atoms with Crippen molar-refractivity contribution >= 4 is 23.3 Å². The van der Waals surface area contributed by atoms with Gasteiger partial charge in [-0.05, 0) is 12.8 Å². The van der Waals surface area contributed by atoms with Gasteiger partial charge < -0.3 is 0 Å². The molecule has 13 heavy (non-hydrogen) atoms. The summed E-state index contributed by atoms with van der Waals surface area (Å²) in [6, 6.07) is 0. The van der Waals surface area contributed by atoms with Crippen molar-refractivity contribution in [2.75, 3.05) is 12.4 Å². The number of carbonyl (C=O) groups is 1. The minimum absolute atomic E-state index is 0.0275. The van der Waals surface area contributed by atoms with Gasteiger partial charge in [-0.25, -0.2) is 0 Å². The number of nitrogens with zero attached hydrogens (tertiary/aromatic N) is 1. The first-order valence-electron chi connectivity index (χ1n) is 4.47. The van der Waals surface area contributed by atoms with Crippen LogP contribution in [0.1, 0.15) is 25.7 Å². The summed E-state index contributed by atoms with van der Waals surface area (Å²) in [7, 11) is 0. The van der Waals surface area contributed by atoms with Gasteiger partial charge in [0, 0.05) is 13.0 Å². The third-order valence-corrected chi connectivity index (χ3v) is 2.08. The van der Waals surface area contributed by atoms with E-state index in [1.54, 1.807) is 0 Å². The molecular formula is C8H14ClN3O. The van der Waals surface area contributed by atoms with E-state index in [0.717, 1.165) is 31.6 Å². The van der Waals surface area contributed by atoms with E-state index in [-0.39, 0.29) is 11.8 Å². The SMILES string of the molecule is O=C(CCl)NNC1=NCCCCC1. The number of hydrogen-bond acceptors (Lipinski definition) is 3. The standard InChI is InChI=1S/C8H14ClN3O/c9-6-8(13)12-11-7-4-2-1-3-5-10-7/h1-6H2,(H,10,11)(H,12,13). The Hall–Kier alpha value is -0.770. The van der Waals surface area contributed by atoms with Crippen LogP contribution in [0.3, 0.4) is 0 Å². The van der Waals surface area contributed by atoms with Crippen LogP contribution >= 0.6 is 11.6 Å². The Morgan fingerprint density at radius 3 is 3.08 bits per heavy atom. The van der Waals surface area contributed by atoms with Crippen molar-refractivity contribution in [3.05, 3.63) is 0 Å². The number of hydrazine groups is 1. The molecular weight excluding hydrogens is 190 g/mol. The van der Waals surface area contributed by atoms with Crippen LogP contribution in [0.5, 0.6) is 0 Å². The maximum Gasteiger partial charge on any atom is 0.253 e. The predicted molar refractivity (Wildman–Crippen MR) is 52.8 cm³/mol. The maximum atomic E-state index is 10.8. The van der Waals surface area contributed by atoms with Gasteiger partial charge in [0.2, 0.25) is 0 Å². The third kappa shape index (κ3) is 4.12. The number of amidine groups is 1. The molecule has 1 heterocycles. The molecule has 5 heteroatoms. The van der Waals surface area contributed by atoms with Crippen LogP contribution in [0.2, 0.25) is 0 Å². The minimum atomic E-state index is -0.228. The molecule has 1 rings (SSSR count). The lowest BCUT2D eigenvalue weighted by atomic mass is 10.2. The fraction of sp³-hybridized carbons (Fsp3) is 0.750. The Labute approximate surface area is 82.7 Å². The zero-order valence-electron chi connectivity index (χ0n) is 7.48. The van der Waals surface area contributed by atoms with Gasteiger partial charge in [0.25, 0.3) is 5.91 Å². The third-order valence-electron chi connectivity index (χ3n) is 1.84. The number of alkyl halides is 1. The van der Waals surface area contributed by atoms with Crippen LogP contribution in [0, 0.1) is 0 Å². The van der Waals surface area contributed by atoms with E-state index in [1.165, 1.54) is 6.42 Å². The Morgan fingerprint density at radius 2 is 2.31 bits per heavy atom. The molecule has 0 spiro atoms. The van der Waals surface area contributed by atoms with Crippen LogP contribution in [0.15, 0.2) is 4.99 Å². The number of rotatable bonds is 1. The smallest absolute Gasteiger partial charge is 0.253 e. The van der Waals surface area contributed by atoms with Gasteiger partial charge in [-0.2, -0.15) is 0 Å². The largest absolute Gasteiger partial charge is 0.286 e. The van der Waals surface area contributed by atoms with E-state index in [0.29, 0.717) is 0 Å². The number of halogens is 1. The Bertz CT molecular complexity index is 206. The van der Waals surface area contributed by atoms with Crippen molar-refractivity contribution in [2.24, 2.45) is 4.99 Å². The quantitative estimate of drug-likeness (QED) is 0.490. The van der Waals surface area contributed by atoms with Crippen molar-refractivity contribution in [3.63, 3.8) is 0 Å². The number of nitrogens with one attached hydrogen (secondary N) is 2. The van der Waals surface area contributed by atoms with E-state index in [9.17, 15) is 4.79 Å². The highest BCUT2D eigenvalue weighted by Gasteiger charge is 2.04. The number of amides is 1. The fourth-order valence-electron chi connectivity index (χ4n) is 1.15. The van der Waals surface area contributed by atoms with Crippen LogP contribution in [0.25, 0.3) is 0 Å². The van der Waals surface area contributed by atoms with Crippen molar-refractivity contribution in [1.29, 1.82) is 0 Å². The Balaban J connectivity index is 2.26. The second kappa shape index (κ2) is 5.80. The maximum absolute atomic E-state index is 10.8. The zero-order chi connectivity index (χ0) is 9.52. The summed E-state index contributed by atoms with van der Waals surface area (Å²) >= 11 is 5.31. The first-order chi connectivity index (χ1) is 6.33. The lowest BCUT2D eigenvalue weighted by Gasteiger charge is -2.07. The van der Waals surface area contributed by atoms with Gasteiger partial charge in [-0.3, -0.25) is 20.6 Å². The molecule has 0 aromatic heterocycles. The molecule has 0 aliphatic carbocycles. The lowest BCUT2D eigenvalue weighted by Crippen LogP contribution is -2.42. The van der Waals surface area contributed by atoms with Crippen molar-refractivity contribution in [1.82, 2.24) is 10.9 Å². The summed E-state index contributed by atoms with van der Waals surface area (Å²) in [6.45, 7) is 0.846. The van der Waals surface area contributed by atoms with Gasteiger partial charge in [-0.15, -0.1) is 11.6 Å². The van der Waals surface area contributed by atoms with Crippen molar-refractivity contribution in [2.45, 2.75) is 25.7 Å². The Kier molecular flexibility index (Phi) is 4.60. The van der Waals surface area contributed by atoms with Gasteiger partial charge in [0.1, 0.15) is 11.7 Å². The van der Waals surface area contributed by atoms with E-state index in [1.807, 2.05) is 0 Å². The van der Waals surface area contributed by atoms with Crippen LogP contribution in [-0.4, -0.2) is 24.2 Å². The summed E-state index contributed by atoms with van der Waals surface area (Å²) in [5, 5.41) is 0. The molecule has 0 aromatic rings. The average molecular weight is 204 g/mol. The molecule has 2 N–H and O–H groups in total. The minimum Gasteiger partial charge on any atom is -0.286 e. The monoisotopic (exact) mass is 203 g/mol. The summed E-state index contributed by atoms with van der Waals surface area (Å²) in [5.74, 6) is 0.602. The van der Waals surface area contributed by atoms with Gasteiger partial charge in [0.05, 0.1) is 0 Å². The summed E-state index contributed by atoms with van der Waals surface area (Å²) in [5.41, 5.74) is 5.26.